The SMILES string of the molecule is CC(C)c1ccc(-c2ccc(N3CCC(N)C3)nn2)cc1. The van der Waals surface area contributed by atoms with Gasteiger partial charge in [0.2, 0.25) is 0 Å². The van der Waals surface area contributed by atoms with Crippen LogP contribution < -0.4 is 10.6 Å². The maximum Gasteiger partial charge on any atom is 0.151 e. The summed E-state index contributed by atoms with van der Waals surface area (Å²) in [5.74, 6) is 1.47. The van der Waals surface area contributed by atoms with Crippen molar-refractivity contribution in [3.63, 3.8) is 0 Å². The quantitative estimate of drug-likeness (QED) is 0.940. The van der Waals surface area contributed by atoms with Crippen LogP contribution in [-0.4, -0.2) is 29.3 Å². The first-order valence-electron chi connectivity index (χ1n) is 7.58. The summed E-state index contributed by atoms with van der Waals surface area (Å²) in [7, 11) is 0. The molecule has 0 aliphatic carbocycles. The van der Waals surface area contributed by atoms with E-state index >= 15 is 0 Å². The first-order chi connectivity index (χ1) is 10.1. The van der Waals surface area contributed by atoms with E-state index in [1.54, 1.807) is 0 Å². The summed E-state index contributed by atoms with van der Waals surface area (Å²) in [6.07, 6.45) is 1.03. The number of hydrogen-bond acceptors (Lipinski definition) is 4. The van der Waals surface area contributed by atoms with Crippen LogP contribution in [0.3, 0.4) is 0 Å². The van der Waals surface area contributed by atoms with Gasteiger partial charge < -0.3 is 10.6 Å². The summed E-state index contributed by atoms with van der Waals surface area (Å²) in [4.78, 5) is 2.20. The molecule has 1 fully saturated rings. The molecule has 1 atom stereocenters. The van der Waals surface area contributed by atoms with Crippen LogP contribution in [0, 0.1) is 0 Å². The van der Waals surface area contributed by atoms with E-state index in [2.05, 4.69) is 53.2 Å². The van der Waals surface area contributed by atoms with E-state index in [0.29, 0.717) is 5.92 Å². The van der Waals surface area contributed by atoms with Crippen molar-refractivity contribution in [2.75, 3.05) is 18.0 Å². The fraction of sp³-hybridized carbons (Fsp3) is 0.412. The van der Waals surface area contributed by atoms with Gasteiger partial charge in [-0.15, -0.1) is 10.2 Å². The van der Waals surface area contributed by atoms with Gasteiger partial charge in [-0.1, -0.05) is 38.1 Å². The van der Waals surface area contributed by atoms with E-state index in [-0.39, 0.29) is 6.04 Å². The minimum Gasteiger partial charge on any atom is -0.354 e. The smallest absolute Gasteiger partial charge is 0.151 e. The molecule has 0 bridgehead atoms. The van der Waals surface area contributed by atoms with Crippen LogP contribution in [0.5, 0.6) is 0 Å². The third-order valence-corrected chi connectivity index (χ3v) is 4.07. The third kappa shape index (κ3) is 3.05. The van der Waals surface area contributed by atoms with Crippen LogP contribution in [0.15, 0.2) is 36.4 Å². The van der Waals surface area contributed by atoms with E-state index in [9.17, 15) is 0 Å². The molecule has 21 heavy (non-hydrogen) atoms. The average Bonchev–Trinajstić information content (AvgIpc) is 2.94. The van der Waals surface area contributed by atoms with Gasteiger partial charge in [-0.3, -0.25) is 0 Å². The molecule has 2 aromatic rings. The summed E-state index contributed by atoms with van der Waals surface area (Å²) in [5.41, 5.74) is 9.30. The normalized spacial score (nSPS) is 18.5. The topological polar surface area (TPSA) is 55.0 Å². The van der Waals surface area contributed by atoms with Gasteiger partial charge in [0.15, 0.2) is 5.82 Å². The molecule has 0 amide bonds. The first-order valence-corrected chi connectivity index (χ1v) is 7.58. The molecule has 1 aliphatic heterocycles. The fourth-order valence-electron chi connectivity index (χ4n) is 2.68. The van der Waals surface area contributed by atoms with Crippen LogP contribution >= 0.6 is 0 Å². The molecule has 110 valence electrons. The molecule has 1 unspecified atom stereocenters. The van der Waals surface area contributed by atoms with Crippen molar-refractivity contribution >= 4 is 5.82 Å². The first kappa shape index (κ1) is 14.0. The van der Waals surface area contributed by atoms with Gasteiger partial charge in [0, 0.05) is 24.7 Å². The zero-order valence-corrected chi connectivity index (χ0v) is 12.7. The maximum atomic E-state index is 5.93. The lowest BCUT2D eigenvalue weighted by Crippen LogP contribution is -2.27. The lowest BCUT2D eigenvalue weighted by atomic mass is 10.0. The summed E-state index contributed by atoms with van der Waals surface area (Å²) in [6, 6.07) is 12.9. The molecule has 2 N–H and O–H groups in total. The molecule has 0 saturated carbocycles. The second-order valence-corrected chi connectivity index (χ2v) is 6.05. The van der Waals surface area contributed by atoms with E-state index in [1.165, 1.54) is 5.56 Å². The Morgan fingerprint density at radius 2 is 1.86 bits per heavy atom. The monoisotopic (exact) mass is 282 g/mol. The van der Waals surface area contributed by atoms with E-state index in [4.69, 9.17) is 5.73 Å². The highest BCUT2D eigenvalue weighted by molar-refractivity contribution is 5.60. The summed E-state index contributed by atoms with van der Waals surface area (Å²) in [5, 5.41) is 8.71. The van der Waals surface area contributed by atoms with Gasteiger partial charge >= 0.3 is 0 Å². The van der Waals surface area contributed by atoms with Crippen LogP contribution in [-0.2, 0) is 0 Å². The van der Waals surface area contributed by atoms with Crippen molar-refractivity contribution in [3.05, 3.63) is 42.0 Å². The zero-order valence-electron chi connectivity index (χ0n) is 12.7. The largest absolute Gasteiger partial charge is 0.354 e. The Morgan fingerprint density at radius 3 is 2.38 bits per heavy atom. The number of hydrogen-bond donors (Lipinski definition) is 1. The van der Waals surface area contributed by atoms with E-state index in [0.717, 1.165) is 36.6 Å². The lowest BCUT2D eigenvalue weighted by Gasteiger charge is -2.16. The molecule has 1 aromatic carbocycles. The molecule has 2 heterocycles. The Balaban J connectivity index is 1.77. The molecule has 1 saturated heterocycles. The molecule has 0 spiro atoms. The van der Waals surface area contributed by atoms with Crippen LogP contribution in [0.2, 0.25) is 0 Å². The summed E-state index contributed by atoms with van der Waals surface area (Å²) < 4.78 is 0. The van der Waals surface area contributed by atoms with Gasteiger partial charge in [-0.2, -0.15) is 0 Å². The molecule has 1 aliphatic rings. The molecule has 0 radical (unpaired) electrons. The van der Waals surface area contributed by atoms with Crippen molar-refractivity contribution in [1.82, 2.24) is 10.2 Å². The average molecular weight is 282 g/mol. The van der Waals surface area contributed by atoms with Gasteiger partial charge in [0.05, 0.1) is 5.69 Å². The number of benzene rings is 1. The van der Waals surface area contributed by atoms with Gasteiger partial charge in [0.1, 0.15) is 0 Å². The minimum absolute atomic E-state index is 0.259. The maximum absolute atomic E-state index is 5.93. The number of nitrogens with two attached hydrogens (primary N) is 1. The van der Waals surface area contributed by atoms with Crippen molar-refractivity contribution in [2.45, 2.75) is 32.2 Å². The Bertz CT molecular complexity index is 589. The number of anilines is 1. The lowest BCUT2D eigenvalue weighted by molar-refractivity contribution is 0.750. The highest BCUT2D eigenvalue weighted by Gasteiger charge is 2.20. The Hall–Kier alpha value is -1.94. The predicted octanol–water partition coefficient (Wildman–Crippen LogP) is 2.80. The van der Waals surface area contributed by atoms with E-state index in [1.807, 2.05) is 12.1 Å². The van der Waals surface area contributed by atoms with Crippen molar-refractivity contribution < 1.29 is 0 Å². The van der Waals surface area contributed by atoms with Crippen molar-refractivity contribution in [2.24, 2.45) is 5.73 Å². The number of rotatable bonds is 3. The highest BCUT2D eigenvalue weighted by Crippen LogP contribution is 2.23. The number of aromatic nitrogens is 2. The highest BCUT2D eigenvalue weighted by atomic mass is 15.3. The van der Waals surface area contributed by atoms with E-state index < -0.39 is 0 Å². The van der Waals surface area contributed by atoms with Crippen LogP contribution in [0.1, 0.15) is 31.7 Å². The molecular formula is C17H22N4. The Morgan fingerprint density at radius 1 is 1.10 bits per heavy atom. The molecular weight excluding hydrogens is 260 g/mol. The third-order valence-electron chi connectivity index (χ3n) is 4.07. The van der Waals surface area contributed by atoms with Gasteiger partial charge in [-0.05, 0) is 30.0 Å². The molecule has 4 nitrogen and oxygen atoms in total. The zero-order chi connectivity index (χ0) is 14.8. The summed E-state index contributed by atoms with van der Waals surface area (Å²) in [6.45, 7) is 6.24. The van der Waals surface area contributed by atoms with Crippen molar-refractivity contribution in [1.29, 1.82) is 0 Å². The van der Waals surface area contributed by atoms with Crippen molar-refractivity contribution in [3.8, 4) is 11.3 Å². The van der Waals surface area contributed by atoms with Gasteiger partial charge in [0.25, 0.3) is 0 Å². The Labute approximate surface area is 126 Å². The summed E-state index contributed by atoms with van der Waals surface area (Å²) >= 11 is 0. The van der Waals surface area contributed by atoms with Crippen LogP contribution in [0.25, 0.3) is 11.3 Å². The predicted molar refractivity (Wildman–Crippen MR) is 86.4 cm³/mol. The minimum atomic E-state index is 0.259. The molecule has 1 aromatic heterocycles. The molecule has 3 rings (SSSR count). The fourth-order valence-corrected chi connectivity index (χ4v) is 2.68. The van der Waals surface area contributed by atoms with Crippen LogP contribution in [0.4, 0.5) is 5.82 Å². The molecule has 4 heteroatoms. The Kier molecular flexibility index (Phi) is 3.88. The van der Waals surface area contributed by atoms with Gasteiger partial charge in [-0.25, -0.2) is 0 Å². The second-order valence-electron chi connectivity index (χ2n) is 6.05. The number of nitrogens with zero attached hydrogens (tertiary/aromatic N) is 3. The second kappa shape index (κ2) is 5.82. The standard InChI is InChI=1S/C17H22N4/c1-12(2)13-3-5-14(6-4-13)16-7-8-17(20-19-16)21-10-9-15(18)11-21/h3-8,12,15H,9-11,18H2,1-2H3.